The maximum Gasteiger partial charge on any atom is 0.195 e. The van der Waals surface area contributed by atoms with E-state index in [1.807, 2.05) is 58.8 Å². The molecule has 1 aliphatic carbocycles. The average Bonchev–Trinajstić information content (AvgIpc) is 3.70. The molecule has 0 unspecified atom stereocenters. The molecular weight excluding hydrogens is 522 g/mol. The van der Waals surface area contributed by atoms with Gasteiger partial charge in [-0.05, 0) is 40.8 Å². The number of anilines is 1. The molecule has 3 heterocycles. The molecule has 0 radical (unpaired) electrons. The van der Waals surface area contributed by atoms with Crippen molar-refractivity contribution < 1.29 is 23.9 Å². The predicted octanol–water partition coefficient (Wildman–Crippen LogP) is 6.08. The van der Waals surface area contributed by atoms with Crippen molar-refractivity contribution in [2.24, 2.45) is 5.41 Å². The van der Waals surface area contributed by atoms with E-state index in [0.717, 1.165) is 11.3 Å². The lowest BCUT2D eigenvalue weighted by Crippen LogP contribution is -2.48. The molecule has 40 heavy (non-hydrogen) atoms. The first-order chi connectivity index (χ1) is 19.5. The quantitative estimate of drug-likeness (QED) is 0.223. The third kappa shape index (κ3) is 3.12. The van der Waals surface area contributed by atoms with Gasteiger partial charge in [-0.25, -0.2) is 0 Å². The number of hydrogen-bond acceptors (Lipinski definition) is 7. The number of thiophene rings is 1. The number of nitrogens with zero attached hydrogens (tertiary/aromatic N) is 1. The normalized spacial score (nSPS) is 21.8. The van der Waals surface area contributed by atoms with Crippen LogP contribution in [0.2, 0.25) is 0 Å². The third-order valence-corrected chi connectivity index (χ3v) is 9.40. The molecule has 1 fully saturated rings. The minimum absolute atomic E-state index is 0.127. The Hall–Kier alpha value is -4.49. The molecule has 0 saturated carbocycles. The highest BCUT2D eigenvalue weighted by Crippen LogP contribution is 2.61. The van der Waals surface area contributed by atoms with Crippen molar-refractivity contribution in [3.05, 3.63) is 117 Å². The number of benzene rings is 3. The molecule has 198 valence electrons. The minimum Gasteiger partial charge on any atom is -0.493 e. The van der Waals surface area contributed by atoms with Crippen LogP contribution in [-0.2, 0) is 0 Å². The summed E-state index contributed by atoms with van der Waals surface area (Å²) in [4.78, 5) is 46.5. The van der Waals surface area contributed by atoms with Crippen LogP contribution < -0.4 is 14.4 Å². The smallest absolute Gasteiger partial charge is 0.195 e. The first kappa shape index (κ1) is 24.5. The minimum atomic E-state index is -1.55. The lowest BCUT2D eigenvalue weighted by molar-refractivity contribution is 0.0666. The van der Waals surface area contributed by atoms with Crippen LogP contribution >= 0.6 is 11.3 Å². The van der Waals surface area contributed by atoms with Crippen LogP contribution in [0.4, 0.5) is 5.69 Å². The Bertz CT molecular complexity index is 1690. The highest BCUT2D eigenvalue weighted by atomic mass is 32.1. The number of hydrogen-bond donors (Lipinski definition) is 0. The molecule has 3 aromatic carbocycles. The SMILES string of the molecule is COc1ccc([C@@H]2[C@@H](C(=O)c3cccs3)N3c4ccccc4C=C[C@H]3C23C(=O)c2ccccc2C3=O)cc1OC. The second-order valence-corrected chi connectivity index (χ2v) is 11.2. The number of ketones is 3. The van der Waals surface area contributed by atoms with Gasteiger partial charge in [-0.2, -0.15) is 0 Å². The summed E-state index contributed by atoms with van der Waals surface area (Å²) in [6, 6.07) is 22.4. The van der Waals surface area contributed by atoms with Gasteiger partial charge in [0.25, 0.3) is 0 Å². The predicted molar refractivity (Wildman–Crippen MR) is 154 cm³/mol. The van der Waals surface area contributed by atoms with Crippen molar-refractivity contribution in [1.29, 1.82) is 0 Å². The molecule has 1 spiro atoms. The first-order valence-electron chi connectivity index (χ1n) is 13.1. The van der Waals surface area contributed by atoms with E-state index >= 15 is 0 Å². The number of ether oxygens (including phenoxy) is 2. The molecule has 4 aromatic rings. The average molecular weight is 548 g/mol. The topological polar surface area (TPSA) is 72.9 Å². The first-order valence-corrected chi connectivity index (χ1v) is 13.9. The van der Waals surface area contributed by atoms with Crippen LogP contribution in [0.15, 0.2) is 90.3 Å². The molecular formula is C33H25NO5S. The monoisotopic (exact) mass is 547 g/mol. The van der Waals surface area contributed by atoms with E-state index in [1.54, 1.807) is 56.7 Å². The molecule has 3 atom stereocenters. The molecule has 0 amide bonds. The Balaban J connectivity index is 1.56. The van der Waals surface area contributed by atoms with Crippen LogP contribution in [0.5, 0.6) is 11.5 Å². The summed E-state index contributed by atoms with van der Waals surface area (Å²) in [6.45, 7) is 0. The summed E-state index contributed by atoms with van der Waals surface area (Å²) in [6.07, 6.45) is 3.89. The molecule has 3 aliphatic rings. The highest BCUT2D eigenvalue weighted by molar-refractivity contribution is 7.12. The number of methoxy groups -OCH3 is 2. The Morgan fingerprint density at radius 2 is 1.55 bits per heavy atom. The summed E-state index contributed by atoms with van der Waals surface area (Å²) in [5.41, 5.74) is 1.67. The zero-order chi connectivity index (χ0) is 27.6. The van der Waals surface area contributed by atoms with Gasteiger partial charge in [0.1, 0.15) is 11.5 Å². The Labute approximate surface area is 235 Å². The lowest BCUT2D eigenvalue weighted by Gasteiger charge is -2.37. The zero-order valence-corrected chi connectivity index (χ0v) is 22.7. The summed E-state index contributed by atoms with van der Waals surface area (Å²) in [5.74, 6) is -0.446. The standard InChI is InChI=1S/C33H25NO5S/c1-38-24-15-13-20(18-25(24)39-2)28-29(30(35)26-12-7-17-40-26)34-23-11-6-3-8-19(23)14-16-27(34)33(28)31(36)21-9-4-5-10-22(21)32(33)37/h3-18,27-29H,1-2H3/t27-,28+,29-/m0/s1. The van der Waals surface area contributed by atoms with Crippen molar-refractivity contribution >= 4 is 40.4 Å². The number of Topliss-reactive ketones (excluding diaryl/α,β-unsaturated/α-hetero) is 3. The van der Waals surface area contributed by atoms with Gasteiger partial charge in [-0.15, -0.1) is 11.3 Å². The van der Waals surface area contributed by atoms with E-state index in [2.05, 4.69) is 0 Å². The number of carbonyl (C=O) groups is 3. The second-order valence-electron chi connectivity index (χ2n) is 10.2. The summed E-state index contributed by atoms with van der Waals surface area (Å²) in [5, 5.41) is 1.87. The Morgan fingerprint density at radius 3 is 2.23 bits per heavy atom. The van der Waals surface area contributed by atoms with Crippen molar-refractivity contribution in [3.8, 4) is 11.5 Å². The summed E-state index contributed by atoms with van der Waals surface area (Å²) < 4.78 is 11.1. The molecule has 2 aliphatic heterocycles. The Morgan fingerprint density at radius 1 is 0.850 bits per heavy atom. The molecule has 1 aromatic heterocycles. The van der Waals surface area contributed by atoms with Gasteiger partial charge in [0.05, 0.1) is 25.1 Å². The third-order valence-electron chi connectivity index (χ3n) is 8.51. The van der Waals surface area contributed by atoms with Gasteiger partial charge in [0.15, 0.2) is 28.8 Å². The molecule has 7 heteroatoms. The highest BCUT2D eigenvalue weighted by Gasteiger charge is 2.71. The van der Waals surface area contributed by atoms with Crippen molar-refractivity contribution in [3.63, 3.8) is 0 Å². The van der Waals surface area contributed by atoms with Gasteiger partial charge in [0, 0.05) is 22.7 Å². The fourth-order valence-electron chi connectivity index (χ4n) is 6.90. The van der Waals surface area contributed by atoms with Crippen molar-refractivity contribution in [2.45, 2.75) is 18.0 Å². The number of fused-ring (bicyclic) bond motifs is 5. The van der Waals surface area contributed by atoms with Gasteiger partial charge in [-0.3, -0.25) is 14.4 Å². The number of para-hydroxylation sites is 1. The number of rotatable bonds is 5. The van der Waals surface area contributed by atoms with E-state index in [-0.39, 0.29) is 17.3 Å². The zero-order valence-electron chi connectivity index (χ0n) is 21.9. The van der Waals surface area contributed by atoms with Crippen LogP contribution in [0.1, 0.15) is 47.4 Å². The van der Waals surface area contributed by atoms with E-state index in [0.29, 0.717) is 33.1 Å². The van der Waals surface area contributed by atoms with Gasteiger partial charge >= 0.3 is 0 Å². The fraction of sp³-hybridized carbons (Fsp3) is 0.182. The summed E-state index contributed by atoms with van der Waals surface area (Å²) >= 11 is 1.36. The molecule has 7 rings (SSSR count). The van der Waals surface area contributed by atoms with Gasteiger partial charge in [0.2, 0.25) is 0 Å². The van der Waals surface area contributed by atoms with E-state index in [1.165, 1.54) is 11.3 Å². The molecule has 6 nitrogen and oxygen atoms in total. The van der Waals surface area contributed by atoms with Gasteiger partial charge in [-0.1, -0.05) is 66.7 Å². The van der Waals surface area contributed by atoms with Crippen LogP contribution in [0, 0.1) is 5.41 Å². The number of carbonyl (C=O) groups excluding carboxylic acids is 3. The van der Waals surface area contributed by atoms with Gasteiger partial charge < -0.3 is 14.4 Å². The largest absolute Gasteiger partial charge is 0.493 e. The Kier molecular flexibility index (Phi) is 5.54. The van der Waals surface area contributed by atoms with Crippen LogP contribution in [0.3, 0.4) is 0 Å². The van der Waals surface area contributed by atoms with Crippen molar-refractivity contribution in [1.82, 2.24) is 0 Å². The summed E-state index contributed by atoms with van der Waals surface area (Å²) in [7, 11) is 3.10. The molecule has 1 saturated heterocycles. The fourth-order valence-corrected chi connectivity index (χ4v) is 7.60. The van der Waals surface area contributed by atoms with E-state index in [4.69, 9.17) is 9.47 Å². The van der Waals surface area contributed by atoms with Crippen molar-refractivity contribution in [2.75, 3.05) is 19.1 Å². The second kappa shape index (κ2) is 9.03. The maximum absolute atomic E-state index is 14.7. The maximum atomic E-state index is 14.7. The molecule has 0 N–H and O–H groups in total. The van der Waals surface area contributed by atoms with E-state index < -0.39 is 23.4 Å². The molecule has 0 bridgehead atoms. The van der Waals surface area contributed by atoms with E-state index in [9.17, 15) is 14.4 Å². The lowest BCUT2D eigenvalue weighted by atomic mass is 9.64. The van der Waals surface area contributed by atoms with Crippen LogP contribution in [0.25, 0.3) is 6.08 Å². The van der Waals surface area contributed by atoms with Crippen LogP contribution in [-0.4, -0.2) is 43.7 Å².